The van der Waals surface area contributed by atoms with Crippen LogP contribution in [0.1, 0.15) is 22.5 Å². The van der Waals surface area contributed by atoms with Crippen molar-refractivity contribution in [1.82, 2.24) is 15.1 Å². The first-order chi connectivity index (χ1) is 17.3. The molecule has 0 radical (unpaired) electrons. The van der Waals surface area contributed by atoms with Gasteiger partial charge in [-0.25, -0.2) is 9.48 Å². The zero-order valence-electron chi connectivity index (χ0n) is 19.1. The number of benzene rings is 3. The predicted octanol–water partition coefficient (Wildman–Crippen LogP) is 3.66. The van der Waals surface area contributed by atoms with Gasteiger partial charge in [-0.05, 0) is 47.4 Å². The van der Waals surface area contributed by atoms with Crippen molar-refractivity contribution in [3.8, 4) is 16.8 Å². The summed E-state index contributed by atoms with van der Waals surface area (Å²) in [6.45, 7) is 0. The number of rotatable bonds is 9. The van der Waals surface area contributed by atoms with Gasteiger partial charge in [0.2, 0.25) is 0 Å². The fourth-order valence-electron chi connectivity index (χ4n) is 3.89. The van der Waals surface area contributed by atoms with Gasteiger partial charge in [-0.2, -0.15) is 0 Å². The van der Waals surface area contributed by atoms with Crippen LogP contribution in [0.3, 0.4) is 0 Å². The van der Waals surface area contributed by atoms with Crippen LogP contribution in [0.5, 0.6) is 0 Å². The minimum Gasteiger partial charge on any atom is -0.479 e. The average molecular weight is 506 g/mol. The number of hydrogen-bond acceptors (Lipinski definition) is 4. The molecule has 0 unspecified atom stereocenters. The maximum atomic E-state index is 12.9. The molecular weight excluding hydrogens is 482 g/mol. The van der Waals surface area contributed by atoms with Crippen molar-refractivity contribution in [2.24, 2.45) is 0 Å². The number of halogens is 1. The zero-order chi connectivity index (χ0) is 25.7. The molecular formula is C27H24ClN3O5. The molecule has 9 heteroatoms. The number of aliphatic hydroxyl groups is 1. The van der Waals surface area contributed by atoms with Crippen LogP contribution in [0.4, 0.5) is 0 Å². The molecule has 0 bridgehead atoms. The van der Waals surface area contributed by atoms with Crippen LogP contribution in [-0.4, -0.2) is 44.0 Å². The summed E-state index contributed by atoms with van der Waals surface area (Å²) >= 11 is 6.08. The molecule has 4 rings (SSSR count). The topological polar surface area (TPSA) is 124 Å². The van der Waals surface area contributed by atoms with Crippen LogP contribution < -0.4 is 10.9 Å². The molecule has 1 heterocycles. The summed E-state index contributed by atoms with van der Waals surface area (Å²) in [6, 6.07) is 24.3. The number of nitrogens with one attached hydrogen (secondary N) is 2. The predicted molar refractivity (Wildman–Crippen MR) is 136 cm³/mol. The van der Waals surface area contributed by atoms with Gasteiger partial charge in [-0.1, -0.05) is 66.2 Å². The van der Waals surface area contributed by atoms with Crippen molar-refractivity contribution in [2.75, 3.05) is 0 Å². The molecule has 1 amide bonds. The number of aliphatic hydroxyl groups excluding tert-OH is 1. The molecule has 36 heavy (non-hydrogen) atoms. The molecule has 4 N–H and O–H groups in total. The van der Waals surface area contributed by atoms with Crippen molar-refractivity contribution >= 4 is 23.5 Å². The number of nitrogens with zero attached hydrogens (tertiary/aromatic N) is 1. The quantitative estimate of drug-likeness (QED) is 0.276. The lowest BCUT2D eigenvalue weighted by atomic mass is 9.97. The van der Waals surface area contributed by atoms with E-state index in [4.69, 9.17) is 11.6 Å². The van der Waals surface area contributed by atoms with Crippen LogP contribution >= 0.6 is 11.6 Å². The van der Waals surface area contributed by atoms with E-state index in [1.807, 2.05) is 48.5 Å². The number of hydrogen-bond donors (Lipinski definition) is 4. The lowest BCUT2D eigenvalue weighted by Gasteiger charge is -2.20. The van der Waals surface area contributed by atoms with Crippen molar-refractivity contribution < 1.29 is 19.8 Å². The molecule has 0 aliphatic carbocycles. The van der Waals surface area contributed by atoms with Gasteiger partial charge in [0.05, 0.1) is 5.69 Å². The van der Waals surface area contributed by atoms with E-state index < -0.39 is 29.6 Å². The second kappa shape index (κ2) is 11.1. The second-order valence-electron chi connectivity index (χ2n) is 8.35. The number of carboxylic acid groups (broad SMARTS) is 1. The van der Waals surface area contributed by atoms with Crippen LogP contribution in [-0.2, 0) is 11.2 Å². The molecule has 2 atom stereocenters. The Labute approximate surface area is 211 Å². The Morgan fingerprint density at radius 1 is 0.944 bits per heavy atom. The van der Waals surface area contributed by atoms with E-state index >= 15 is 0 Å². The summed E-state index contributed by atoms with van der Waals surface area (Å²) in [6.07, 6.45) is -1.59. The maximum Gasteiger partial charge on any atom is 0.332 e. The Balaban J connectivity index is 1.52. The number of para-hydroxylation sites is 1. The Bertz CT molecular complexity index is 1410. The molecule has 3 aromatic carbocycles. The smallest absolute Gasteiger partial charge is 0.332 e. The molecule has 0 aliphatic rings. The first-order valence-corrected chi connectivity index (χ1v) is 11.6. The normalized spacial score (nSPS) is 12.6. The number of amides is 1. The SMILES string of the molecule is O=C(N[C@H](Cc1ccc(-c2cccc(Cl)c2)cc1)C[C@@H](O)C(=O)O)c1cc(=O)n(-c2ccccc2)[nH]1. The maximum absolute atomic E-state index is 12.9. The van der Waals surface area contributed by atoms with Gasteiger partial charge in [-0.3, -0.25) is 14.7 Å². The van der Waals surface area contributed by atoms with E-state index in [1.165, 1.54) is 10.7 Å². The van der Waals surface area contributed by atoms with Crippen molar-refractivity contribution in [2.45, 2.75) is 25.0 Å². The number of aromatic amines is 1. The third-order valence-electron chi connectivity index (χ3n) is 5.70. The highest BCUT2D eigenvalue weighted by Gasteiger charge is 2.23. The lowest BCUT2D eigenvalue weighted by Crippen LogP contribution is -2.40. The van der Waals surface area contributed by atoms with E-state index in [1.54, 1.807) is 30.3 Å². The Kier molecular flexibility index (Phi) is 7.68. The zero-order valence-corrected chi connectivity index (χ0v) is 19.9. The number of carbonyl (C=O) groups is 2. The van der Waals surface area contributed by atoms with Gasteiger partial charge in [-0.15, -0.1) is 0 Å². The highest BCUT2D eigenvalue weighted by molar-refractivity contribution is 6.30. The van der Waals surface area contributed by atoms with Crippen LogP contribution in [0.2, 0.25) is 5.02 Å². The monoisotopic (exact) mass is 505 g/mol. The third-order valence-corrected chi connectivity index (χ3v) is 5.94. The molecule has 0 aliphatic heterocycles. The standard InChI is InChI=1S/C27H24ClN3O5/c28-20-6-4-5-19(14-20)18-11-9-17(10-12-18)13-21(15-24(32)27(35)36)29-26(34)23-16-25(33)31(30-23)22-7-2-1-3-8-22/h1-12,14,16,21,24,30,32H,13,15H2,(H,29,34)(H,35,36)/t21-,24-/m1/s1. The van der Waals surface area contributed by atoms with Gasteiger partial charge in [0.1, 0.15) is 5.69 Å². The minimum absolute atomic E-state index is 0.0231. The van der Waals surface area contributed by atoms with E-state index in [2.05, 4.69) is 10.4 Å². The summed E-state index contributed by atoms with van der Waals surface area (Å²) in [5.74, 6) is -1.96. The van der Waals surface area contributed by atoms with E-state index in [-0.39, 0.29) is 18.5 Å². The Hall–Kier alpha value is -4.14. The van der Waals surface area contributed by atoms with Crippen LogP contribution in [0.25, 0.3) is 16.8 Å². The van der Waals surface area contributed by atoms with Gasteiger partial charge in [0.25, 0.3) is 11.5 Å². The molecule has 184 valence electrons. The highest BCUT2D eigenvalue weighted by Crippen LogP contribution is 2.23. The van der Waals surface area contributed by atoms with Crippen LogP contribution in [0, 0.1) is 0 Å². The largest absolute Gasteiger partial charge is 0.479 e. The molecule has 8 nitrogen and oxygen atoms in total. The van der Waals surface area contributed by atoms with Gasteiger partial charge in [0, 0.05) is 23.6 Å². The first-order valence-electron chi connectivity index (χ1n) is 11.2. The summed E-state index contributed by atoms with van der Waals surface area (Å²) in [4.78, 5) is 36.6. The Morgan fingerprint density at radius 3 is 2.33 bits per heavy atom. The molecule has 0 fully saturated rings. The third kappa shape index (κ3) is 6.10. The van der Waals surface area contributed by atoms with Crippen molar-refractivity contribution in [3.63, 3.8) is 0 Å². The molecule has 0 spiro atoms. The molecule has 0 saturated carbocycles. The summed E-state index contributed by atoms with van der Waals surface area (Å²) < 4.78 is 1.24. The fraction of sp³-hybridized carbons (Fsp3) is 0.148. The number of carbonyl (C=O) groups excluding carboxylic acids is 1. The van der Waals surface area contributed by atoms with Gasteiger partial charge < -0.3 is 15.5 Å². The second-order valence-corrected chi connectivity index (χ2v) is 8.79. The highest BCUT2D eigenvalue weighted by atomic mass is 35.5. The van der Waals surface area contributed by atoms with E-state index in [0.717, 1.165) is 16.7 Å². The van der Waals surface area contributed by atoms with E-state index in [9.17, 15) is 24.6 Å². The minimum atomic E-state index is -1.66. The molecule has 1 aromatic heterocycles. The Morgan fingerprint density at radius 2 is 1.67 bits per heavy atom. The van der Waals surface area contributed by atoms with Gasteiger partial charge in [0.15, 0.2) is 6.10 Å². The first kappa shape index (κ1) is 25.0. The van der Waals surface area contributed by atoms with Crippen molar-refractivity contribution in [3.05, 3.63) is 112 Å². The number of aliphatic carboxylic acids is 1. The molecule has 0 saturated heterocycles. The number of aromatic nitrogens is 2. The van der Waals surface area contributed by atoms with Gasteiger partial charge >= 0.3 is 5.97 Å². The average Bonchev–Trinajstić information content (AvgIpc) is 3.26. The fourth-order valence-corrected chi connectivity index (χ4v) is 4.08. The molecule has 4 aromatic rings. The number of H-pyrrole nitrogens is 1. The summed E-state index contributed by atoms with van der Waals surface area (Å²) in [5.41, 5.74) is 2.91. The van der Waals surface area contributed by atoms with E-state index in [0.29, 0.717) is 10.7 Å². The summed E-state index contributed by atoms with van der Waals surface area (Å²) in [7, 11) is 0. The number of carboxylic acids is 1. The lowest BCUT2D eigenvalue weighted by molar-refractivity contribution is -0.147. The van der Waals surface area contributed by atoms with Crippen LogP contribution in [0.15, 0.2) is 89.7 Å². The summed E-state index contributed by atoms with van der Waals surface area (Å²) in [5, 5.41) is 25.3. The van der Waals surface area contributed by atoms with Crippen molar-refractivity contribution in [1.29, 1.82) is 0 Å².